The van der Waals surface area contributed by atoms with Crippen molar-refractivity contribution in [2.24, 2.45) is 4.99 Å². The Morgan fingerprint density at radius 2 is 2.08 bits per heavy atom. The fourth-order valence-corrected chi connectivity index (χ4v) is 3.36. The molecule has 1 aliphatic heterocycles. The van der Waals surface area contributed by atoms with Crippen LogP contribution in [-0.4, -0.2) is 61.3 Å². The van der Waals surface area contributed by atoms with Gasteiger partial charge in [-0.2, -0.15) is 0 Å². The Labute approximate surface area is 166 Å². The Morgan fingerprint density at radius 1 is 1.38 bits per heavy atom. The number of thiazole rings is 1. The molecule has 2 N–H and O–H groups in total. The number of halogens is 1. The van der Waals surface area contributed by atoms with Crippen LogP contribution in [0.3, 0.4) is 0 Å². The lowest BCUT2D eigenvalue weighted by Gasteiger charge is -2.41. The molecule has 0 aliphatic carbocycles. The number of aromatic nitrogens is 1. The van der Waals surface area contributed by atoms with E-state index in [9.17, 15) is 0 Å². The van der Waals surface area contributed by atoms with E-state index in [1.807, 2.05) is 6.20 Å². The minimum absolute atomic E-state index is 0. The molecule has 138 valence electrons. The molecule has 1 fully saturated rings. The first-order chi connectivity index (χ1) is 11.0. The van der Waals surface area contributed by atoms with Crippen LogP contribution in [0.4, 0.5) is 0 Å². The molecular weight excluding hydrogens is 437 g/mol. The van der Waals surface area contributed by atoms with Crippen molar-refractivity contribution in [2.75, 3.05) is 39.9 Å². The number of hydrogen-bond donors (Lipinski definition) is 2. The van der Waals surface area contributed by atoms with Crippen molar-refractivity contribution in [2.45, 2.75) is 39.3 Å². The summed E-state index contributed by atoms with van der Waals surface area (Å²) in [6.45, 7) is 11.8. The van der Waals surface area contributed by atoms with Gasteiger partial charge >= 0.3 is 0 Å². The highest BCUT2D eigenvalue weighted by Crippen LogP contribution is 2.15. The minimum atomic E-state index is 0. The first-order valence-electron chi connectivity index (χ1n) is 8.26. The molecule has 1 aromatic rings. The third-order valence-electron chi connectivity index (χ3n) is 4.14. The fourth-order valence-electron chi connectivity index (χ4n) is 2.55. The Kier molecular flexibility index (Phi) is 9.47. The summed E-state index contributed by atoms with van der Waals surface area (Å²) in [5.41, 5.74) is 0.0674. The maximum absolute atomic E-state index is 5.44. The quantitative estimate of drug-likeness (QED) is 0.381. The van der Waals surface area contributed by atoms with Gasteiger partial charge in [-0.05, 0) is 20.3 Å². The average molecular weight is 467 g/mol. The molecule has 0 saturated carbocycles. The lowest BCUT2D eigenvalue weighted by molar-refractivity contribution is -0.00834. The van der Waals surface area contributed by atoms with Crippen LogP contribution < -0.4 is 10.6 Å². The second-order valence-corrected chi connectivity index (χ2v) is 7.46. The number of aryl methyl sites for hydroxylation is 1. The zero-order valence-corrected chi connectivity index (χ0v) is 18.2. The molecule has 24 heavy (non-hydrogen) atoms. The van der Waals surface area contributed by atoms with Gasteiger partial charge in [0, 0.05) is 43.3 Å². The maximum atomic E-state index is 5.44. The predicted molar refractivity (Wildman–Crippen MR) is 112 cm³/mol. The van der Waals surface area contributed by atoms with Crippen LogP contribution in [0.15, 0.2) is 11.2 Å². The van der Waals surface area contributed by atoms with E-state index in [1.165, 1.54) is 4.88 Å². The zero-order chi connectivity index (χ0) is 16.7. The van der Waals surface area contributed by atoms with Crippen molar-refractivity contribution < 1.29 is 4.74 Å². The predicted octanol–water partition coefficient (Wildman–Crippen LogP) is 2.10. The van der Waals surface area contributed by atoms with Crippen LogP contribution in [0.5, 0.6) is 0 Å². The van der Waals surface area contributed by atoms with E-state index < -0.39 is 0 Å². The Bertz CT molecular complexity index is 514. The second kappa shape index (κ2) is 10.5. The Morgan fingerprint density at radius 3 is 2.67 bits per heavy atom. The lowest BCUT2D eigenvalue weighted by atomic mass is 10.0. The molecule has 2 rings (SSSR count). The van der Waals surface area contributed by atoms with Crippen molar-refractivity contribution in [1.82, 2.24) is 20.5 Å². The SMILES string of the molecule is CCc1cnc(CNC(=NC)NCC(C)(C)N2CCOCC2)s1.I. The highest BCUT2D eigenvalue weighted by molar-refractivity contribution is 14.0. The van der Waals surface area contributed by atoms with E-state index in [0.29, 0.717) is 6.54 Å². The van der Waals surface area contributed by atoms with Crippen LogP contribution in [0.1, 0.15) is 30.7 Å². The van der Waals surface area contributed by atoms with Crippen molar-refractivity contribution in [3.63, 3.8) is 0 Å². The van der Waals surface area contributed by atoms with Gasteiger partial charge in [0.1, 0.15) is 5.01 Å². The number of nitrogens with one attached hydrogen (secondary N) is 2. The highest BCUT2D eigenvalue weighted by atomic mass is 127. The normalized spacial score (nSPS) is 16.6. The van der Waals surface area contributed by atoms with Gasteiger partial charge in [0.2, 0.25) is 0 Å². The van der Waals surface area contributed by atoms with E-state index in [2.05, 4.69) is 46.3 Å². The van der Waals surface area contributed by atoms with Crippen LogP contribution in [0.2, 0.25) is 0 Å². The number of hydrogen-bond acceptors (Lipinski definition) is 5. The van der Waals surface area contributed by atoms with E-state index >= 15 is 0 Å². The minimum Gasteiger partial charge on any atom is -0.379 e. The van der Waals surface area contributed by atoms with Crippen LogP contribution >= 0.6 is 35.3 Å². The molecule has 2 heterocycles. The molecule has 0 radical (unpaired) electrons. The standard InChI is InChI=1S/C16H29N5OS.HI/c1-5-13-10-18-14(23-13)11-19-15(17-4)20-12-16(2,3)21-6-8-22-9-7-21;/h10H,5-9,11-12H2,1-4H3,(H2,17,19,20);1H. The van der Waals surface area contributed by atoms with Crippen molar-refractivity contribution >= 4 is 41.3 Å². The third-order valence-corrected chi connectivity index (χ3v) is 5.28. The summed E-state index contributed by atoms with van der Waals surface area (Å²) in [4.78, 5) is 12.5. The topological polar surface area (TPSA) is 61.8 Å². The largest absolute Gasteiger partial charge is 0.379 e. The molecule has 1 aromatic heterocycles. The monoisotopic (exact) mass is 467 g/mol. The fraction of sp³-hybridized carbons (Fsp3) is 0.750. The smallest absolute Gasteiger partial charge is 0.191 e. The summed E-state index contributed by atoms with van der Waals surface area (Å²) in [6, 6.07) is 0. The van der Waals surface area contributed by atoms with E-state index in [0.717, 1.165) is 50.2 Å². The summed E-state index contributed by atoms with van der Waals surface area (Å²) >= 11 is 1.75. The molecule has 1 saturated heterocycles. The van der Waals surface area contributed by atoms with Gasteiger partial charge in [0.25, 0.3) is 0 Å². The molecule has 0 atom stereocenters. The first kappa shape index (κ1) is 21.6. The summed E-state index contributed by atoms with van der Waals surface area (Å²) in [7, 11) is 1.80. The number of morpholine rings is 1. The van der Waals surface area contributed by atoms with Crippen LogP contribution in [0, 0.1) is 0 Å². The van der Waals surface area contributed by atoms with E-state index in [4.69, 9.17) is 4.74 Å². The molecule has 8 heteroatoms. The van der Waals surface area contributed by atoms with Gasteiger partial charge < -0.3 is 15.4 Å². The molecular formula is C16H30IN5OS. The Balaban J connectivity index is 0.00000288. The molecule has 0 bridgehead atoms. The third kappa shape index (κ3) is 6.45. The van der Waals surface area contributed by atoms with Gasteiger partial charge in [-0.1, -0.05) is 6.92 Å². The first-order valence-corrected chi connectivity index (χ1v) is 9.07. The molecule has 0 unspecified atom stereocenters. The van der Waals surface area contributed by atoms with Crippen LogP contribution in [0.25, 0.3) is 0 Å². The van der Waals surface area contributed by atoms with E-state index in [-0.39, 0.29) is 29.5 Å². The number of aliphatic imine (C=N–C) groups is 1. The van der Waals surface area contributed by atoms with Gasteiger partial charge in [-0.15, -0.1) is 35.3 Å². The molecule has 1 aliphatic rings. The van der Waals surface area contributed by atoms with Crippen LogP contribution in [-0.2, 0) is 17.7 Å². The molecule has 0 spiro atoms. The van der Waals surface area contributed by atoms with Crippen molar-refractivity contribution in [3.05, 3.63) is 16.1 Å². The summed E-state index contributed by atoms with van der Waals surface area (Å²) in [5.74, 6) is 0.819. The molecule has 0 amide bonds. The Hall–Kier alpha value is -0.450. The summed E-state index contributed by atoms with van der Waals surface area (Å²) in [6.07, 6.45) is 3.00. The van der Waals surface area contributed by atoms with Crippen molar-refractivity contribution in [3.8, 4) is 0 Å². The van der Waals surface area contributed by atoms with Gasteiger partial charge in [-0.3, -0.25) is 9.89 Å². The summed E-state index contributed by atoms with van der Waals surface area (Å²) < 4.78 is 5.44. The lowest BCUT2D eigenvalue weighted by Crippen LogP contribution is -2.56. The van der Waals surface area contributed by atoms with Gasteiger partial charge in [0.05, 0.1) is 19.8 Å². The second-order valence-electron chi connectivity index (χ2n) is 6.27. The molecule has 0 aromatic carbocycles. The number of ether oxygens (including phenoxy) is 1. The zero-order valence-electron chi connectivity index (χ0n) is 15.1. The highest BCUT2D eigenvalue weighted by Gasteiger charge is 2.28. The van der Waals surface area contributed by atoms with Gasteiger partial charge in [0.15, 0.2) is 5.96 Å². The average Bonchev–Trinajstić information content (AvgIpc) is 3.04. The van der Waals surface area contributed by atoms with Gasteiger partial charge in [-0.25, -0.2) is 4.98 Å². The number of guanidine groups is 1. The van der Waals surface area contributed by atoms with Crippen molar-refractivity contribution in [1.29, 1.82) is 0 Å². The van der Waals surface area contributed by atoms with E-state index in [1.54, 1.807) is 18.4 Å². The molecule has 6 nitrogen and oxygen atoms in total. The number of nitrogens with zero attached hydrogens (tertiary/aromatic N) is 3. The number of rotatable bonds is 6. The maximum Gasteiger partial charge on any atom is 0.191 e. The summed E-state index contributed by atoms with van der Waals surface area (Å²) in [5, 5.41) is 7.87.